The Kier molecular flexibility index (Phi) is 60.7. The Balaban J connectivity index is 5.80. The minimum atomic E-state index is -3.45. The largest absolute Gasteiger partial charge is 0.481 e. The van der Waals surface area contributed by atoms with Gasteiger partial charge >= 0.3 is 99.1 Å². The molecule has 0 radical (unpaired) electrons. The maximum Gasteiger partial charge on any atom is 0.317 e. The van der Waals surface area contributed by atoms with Crippen LogP contribution >= 0.6 is 0 Å². The molecule has 4 N–H and O–H groups in total. The molecule has 0 rings (SSSR count). The maximum absolute atomic E-state index is 13.5. The lowest BCUT2D eigenvalue weighted by atomic mass is 10.00. The van der Waals surface area contributed by atoms with Crippen LogP contribution in [0.3, 0.4) is 0 Å². The lowest BCUT2D eigenvalue weighted by Crippen LogP contribution is -2.60. The maximum atomic E-state index is 13.5. The van der Waals surface area contributed by atoms with Crippen molar-refractivity contribution in [3.63, 3.8) is 0 Å². The van der Waals surface area contributed by atoms with E-state index >= 15 is 0 Å². The predicted molar refractivity (Wildman–Crippen MR) is 501 cm³/mol. The first-order valence-corrected chi connectivity index (χ1v) is 75.8. The van der Waals surface area contributed by atoms with Crippen LogP contribution in [-0.2, 0) is 90.2 Å². The van der Waals surface area contributed by atoms with E-state index in [-0.39, 0.29) is 83.8 Å². The minimum Gasteiger partial charge on any atom is -0.481 e. The third-order valence-electron chi connectivity index (χ3n) is 20.5. The van der Waals surface area contributed by atoms with E-state index in [9.17, 15) is 58.8 Å². The number of carbonyl (C=O) groups excluding carboxylic acids is 4. The Labute approximate surface area is 733 Å². The average molecular weight is 1860 g/mol. The quantitative estimate of drug-likeness (QED) is 0.0190. The van der Waals surface area contributed by atoms with Crippen molar-refractivity contribution < 1.29 is 111 Å². The normalized spacial score (nSPS) is 15.6. The second kappa shape index (κ2) is 61.9. The molecule has 0 heterocycles. The van der Waals surface area contributed by atoms with Crippen LogP contribution in [0.5, 0.6) is 0 Å². The summed E-state index contributed by atoms with van der Waals surface area (Å²) in [6.45, 7) is 45.7. The molecule has 119 heavy (non-hydrogen) atoms. The zero-order valence-electron chi connectivity index (χ0n) is 79.3. The van der Waals surface area contributed by atoms with Crippen molar-refractivity contribution in [2.45, 2.75) is 445 Å². The van der Waals surface area contributed by atoms with E-state index in [0.717, 1.165) is 51.4 Å². The van der Waals surface area contributed by atoms with Crippen LogP contribution in [0.4, 0.5) is 0 Å². The summed E-state index contributed by atoms with van der Waals surface area (Å²) in [6.07, 6.45) is 36.6. The molecular weight excluding hydrogens is 1690 g/mol. The molecule has 24 nitrogen and oxygen atoms in total. The Morgan fingerprint density at radius 1 is 0.235 bits per heavy atom. The van der Waals surface area contributed by atoms with Crippen LogP contribution < -0.4 is 0 Å². The number of hydrogen-bond acceptors (Lipinski definition) is 20. The number of carboxylic acid groups (broad SMARTS) is 4. The van der Waals surface area contributed by atoms with Gasteiger partial charge in [-0.05, 0) is 219 Å². The molecule has 0 saturated carbocycles. The summed E-state index contributed by atoms with van der Waals surface area (Å²) in [5.41, 5.74) is 0. The van der Waals surface area contributed by atoms with Crippen molar-refractivity contribution in [1.82, 2.24) is 0 Å². The minimum absolute atomic E-state index is 0.0405. The SMILES string of the molecule is CCCCCCCCCCCCCCCCOC(=O)CC(CCC[Si](C)(O[Si](C)(C)C)O[Si](C)(CCCC(CC(=O)OCCCCCCOC(=O)CC(CC[Si](C)(O[Si](C)(C)O[Si](C)(C)C)O[Si](C)(CCCC(CC(=O)O)C(=O)OCCCCCCCCCCCCCCCC)O[Si](C)(C)C)C(=O)O)C(=O)O)O[Si](C)(C)O[Si](C)(C)C)C(=O)O. The molecule has 0 fully saturated rings. The molecule has 0 aromatic rings. The highest BCUT2D eigenvalue weighted by molar-refractivity contribution is 6.92. The lowest BCUT2D eigenvalue weighted by molar-refractivity contribution is -0.153. The number of carbonyl (C=O) groups is 8. The molecule has 0 aromatic heterocycles. The van der Waals surface area contributed by atoms with Gasteiger partial charge in [0.15, 0.2) is 33.3 Å². The number of carboxylic acids is 4. The topological polar surface area (TPSA) is 328 Å². The smallest absolute Gasteiger partial charge is 0.317 e. The van der Waals surface area contributed by atoms with E-state index in [1.54, 1.807) is 0 Å². The molecule has 8 unspecified atom stereocenters. The van der Waals surface area contributed by atoms with Crippen LogP contribution in [0.2, 0.25) is 155 Å². The number of esters is 4. The summed E-state index contributed by atoms with van der Waals surface area (Å²) in [4.78, 5) is 104. The molecular formula is C85H176O24Si10. The van der Waals surface area contributed by atoms with Crippen LogP contribution in [0.1, 0.15) is 290 Å². The van der Waals surface area contributed by atoms with Gasteiger partial charge in [0.25, 0.3) is 0 Å². The summed E-state index contributed by atoms with van der Waals surface area (Å²) >= 11 is 0. The highest BCUT2D eigenvalue weighted by Crippen LogP contribution is 2.37. The zero-order valence-corrected chi connectivity index (χ0v) is 89.3. The molecule has 0 aliphatic rings. The highest BCUT2D eigenvalue weighted by atomic mass is 28.5. The van der Waals surface area contributed by atoms with Crippen LogP contribution in [0.25, 0.3) is 0 Å². The molecule has 0 aliphatic heterocycles. The predicted octanol–water partition coefficient (Wildman–Crippen LogP) is 23.9. The fourth-order valence-corrected chi connectivity index (χ4v) is 63.6. The van der Waals surface area contributed by atoms with Gasteiger partial charge in [0, 0.05) is 0 Å². The van der Waals surface area contributed by atoms with Crippen LogP contribution in [0.15, 0.2) is 0 Å². The summed E-state index contributed by atoms with van der Waals surface area (Å²) < 4.78 is 78.3. The van der Waals surface area contributed by atoms with E-state index in [4.69, 9.17) is 51.9 Å². The molecule has 0 spiro atoms. The Morgan fingerprint density at radius 3 is 0.714 bits per heavy atom. The van der Waals surface area contributed by atoms with Gasteiger partial charge in [0.2, 0.25) is 0 Å². The molecule has 700 valence electrons. The Bertz CT molecular complexity index is 2810. The van der Waals surface area contributed by atoms with E-state index in [0.29, 0.717) is 63.1 Å². The number of hydrogen-bond donors (Lipinski definition) is 4. The van der Waals surface area contributed by atoms with Crippen molar-refractivity contribution in [1.29, 1.82) is 0 Å². The van der Waals surface area contributed by atoms with Crippen molar-refractivity contribution >= 4 is 132 Å². The van der Waals surface area contributed by atoms with Crippen LogP contribution in [0, 0.1) is 23.7 Å². The number of unbranched alkanes of at least 4 members (excludes halogenated alkanes) is 29. The van der Waals surface area contributed by atoms with Crippen molar-refractivity contribution in [2.24, 2.45) is 23.7 Å². The van der Waals surface area contributed by atoms with Crippen molar-refractivity contribution in [3.8, 4) is 0 Å². The Hall–Kier alpha value is -2.39. The first kappa shape index (κ1) is 117. The van der Waals surface area contributed by atoms with Gasteiger partial charge in [0.05, 0.1) is 75.8 Å². The number of rotatable bonds is 80. The second-order valence-electron chi connectivity index (χ2n) is 39.3. The fraction of sp³-hybridized carbons (Fsp3) is 0.906. The third kappa shape index (κ3) is 66.7. The third-order valence-corrected chi connectivity index (χ3v) is 57.0. The van der Waals surface area contributed by atoms with E-state index < -0.39 is 156 Å². The number of ether oxygens (including phenoxy) is 4. The van der Waals surface area contributed by atoms with Crippen molar-refractivity contribution in [3.05, 3.63) is 0 Å². The molecule has 8 atom stereocenters. The monoisotopic (exact) mass is 1860 g/mol. The van der Waals surface area contributed by atoms with Gasteiger partial charge in [-0.3, -0.25) is 38.4 Å². The van der Waals surface area contributed by atoms with E-state index in [1.165, 1.54) is 128 Å². The summed E-state index contributed by atoms with van der Waals surface area (Å²) in [5, 5.41) is 41.2. The Morgan fingerprint density at radius 2 is 0.462 bits per heavy atom. The molecule has 0 bridgehead atoms. The number of aliphatic carboxylic acids is 4. The van der Waals surface area contributed by atoms with Crippen LogP contribution in [-0.4, -0.2) is 179 Å². The molecule has 0 saturated heterocycles. The van der Waals surface area contributed by atoms with Crippen molar-refractivity contribution in [2.75, 3.05) is 26.4 Å². The average Bonchev–Trinajstić information content (AvgIpc) is 0.804. The van der Waals surface area contributed by atoms with E-state index in [1.807, 2.05) is 52.4 Å². The molecule has 0 aliphatic carbocycles. The summed E-state index contributed by atoms with van der Waals surface area (Å²) in [6, 6.07) is 1.41. The first-order valence-electron chi connectivity index (χ1n) is 46.4. The first-order chi connectivity index (χ1) is 55.3. The molecule has 34 heteroatoms. The highest BCUT2D eigenvalue weighted by Gasteiger charge is 2.52. The fourth-order valence-electron chi connectivity index (χ4n) is 15.9. The summed E-state index contributed by atoms with van der Waals surface area (Å²) in [5.74, 6) is -10.8. The van der Waals surface area contributed by atoms with Gasteiger partial charge in [-0.25, -0.2) is 0 Å². The van der Waals surface area contributed by atoms with E-state index in [2.05, 4.69) is 92.4 Å². The molecule has 0 aromatic carbocycles. The second-order valence-corrected chi connectivity index (χ2v) is 79.4. The lowest BCUT2D eigenvalue weighted by Gasteiger charge is -2.44. The van der Waals surface area contributed by atoms with Gasteiger partial charge in [-0.15, -0.1) is 0 Å². The van der Waals surface area contributed by atoms with Gasteiger partial charge < -0.3 is 72.3 Å². The van der Waals surface area contributed by atoms with Gasteiger partial charge in [-0.1, -0.05) is 200 Å². The van der Waals surface area contributed by atoms with Gasteiger partial charge in [-0.2, -0.15) is 0 Å². The van der Waals surface area contributed by atoms with Gasteiger partial charge in [0.1, 0.15) is 0 Å². The standard InChI is InChI=1S/C85H176O24Si10/c1-23-25-27-29-31-33-35-37-39-41-43-45-47-51-62-98-79(88)71-74(82(91)92)58-55-66-116(19,104-112(9,10)11)108-118(21,106-114(15,16)102-110(3,4)5)68-56-59-75(83(93)94)72-80(89)99-63-52-49-50-53-64-100-81(90)73-76(84(95)96)61-69-119(22,107-115(17,18)103-111(6,7)8)109-117(20,105-113(12,13)14)67-57-60-77(70-78(86)87)85(97)101-65-54-48-46-44-42-40-38-36-34-32-30-28-26-24-2/h74-77H,23-73H2,1-22H3,(H,86,87)(H,91,92)(H,93,94)(H,95,96). The summed E-state index contributed by atoms with van der Waals surface area (Å²) in [7, 11) is -27.9. The molecule has 0 amide bonds. The zero-order chi connectivity index (χ0) is 90.5.